The third kappa shape index (κ3) is 5.06. The van der Waals surface area contributed by atoms with Crippen LogP contribution in [0.2, 0.25) is 0 Å². The van der Waals surface area contributed by atoms with Gasteiger partial charge in [-0.25, -0.2) is 4.39 Å². The van der Waals surface area contributed by atoms with E-state index in [0.29, 0.717) is 18.7 Å². The van der Waals surface area contributed by atoms with Crippen LogP contribution >= 0.6 is 0 Å². The van der Waals surface area contributed by atoms with E-state index in [1.807, 2.05) is 13.8 Å². The molecule has 0 aromatic heterocycles. The lowest BCUT2D eigenvalue weighted by atomic mass is 10.2. The maximum Gasteiger partial charge on any atom is 0.419 e. The van der Waals surface area contributed by atoms with Crippen LogP contribution < -0.4 is 10.1 Å². The monoisotopic (exact) mass is 279 g/mol. The summed E-state index contributed by atoms with van der Waals surface area (Å²) in [6, 6.07) is 2.95. The maximum absolute atomic E-state index is 13.0. The summed E-state index contributed by atoms with van der Waals surface area (Å²) in [7, 11) is 0. The summed E-state index contributed by atoms with van der Waals surface area (Å²) in [6.07, 6.45) is -3.76. The molecule has 1 aromatic carbocycles. The third-order valence-corrected chi connectivity index (χ3v) is 2.72. The number of benzene rings is 1. The van der Waals surface area contributed by atoms with Crippen molar-refractivity contribution in [1.29, 1.82) is 0 Å². The highest BCUT2D eigenvalue weighted by Gasteiger charge is 2.34. The van der Waals surface area contributed by atoms with Gasteiger partial charge in [0.05, 0.1) is 5.56 Å². The highest BCUT2D eigenvalue weighted by molar-refractivity contribution is 5.31. The van der Waals surface area contributed by atoms with Gasteiger partial charge in [-0.05, 0) is 31.5 Å². The molecule has 0 spiro atoms. The molecule has 0 amide bonds. The Hall–Kier alpha value is -1.30. The lowest BCUT2D eigenvalue weighted by Gasteiger charge is -2.13. The van der Waals surface area contributed by atoms with E-state index >= 15 is 0 Å². The van der Waals surface area contributed by atoms with E-state index in [4.69, 9.17) is 4.74 Å². The average molecular weight is 279 g/mol. The van der Waals surface area contributed by atoms with Crippen molar-refractivity contribution in [2.24, 2.45) is 0 Å². The Morgan fingerprint density at radius 1 is 1.32 bits per heavy atom. The highest BCUT2D eigenvalue weighted by Crippen LogP contribution is 2.33. The van der Waals surface area contributed by atoms with Crippen molar-refractivity contribution in [3.8, 4) is 5.75 Å². The predicted molar refractivity (Wildman–Crippen MR) is 64.7 cm³/mol. The minimum Gasteiger partial charge on any atom is -0.492 e. The molecule has 0 bridgehead atoms. The van der Waals surface area contributed by atoms with Gasteiger partial charge in [-0.2, -0.15) is 13.2 Å². The SMILES string of the molecule is CCC(C)NCCOc1ccc(F)c(C(F)(F)F)c1. The molecule has 1 unspecified atom stereocenters. The van der Waals surface area contributed by atoms with Crippen LogP contribution in [0.4, 0.5) is 17.6 Å². The third-order valence-electron chi connectivity index (χ3n) is 2.72. The lowest BCUT2D eigenvalue weighted by Crippen LogP contribution is -2.29. The van der Waals surface area contributed by atoms with Crippen LogP contribution in [-0.2, 0) is 6.18 Å². The van der Waals surface area contributed by atoms with E-state index in [1.165, 1.54) is 6.07 Å². The first-order valence-corrected chi connectivity index (χ1v) is 6.07. The topological polar surface area (TPSA) is 21.3 Å². The maximum atomic E-state index is 13.0. The van der Waals surface area contributed by atoms with Crippen molar-refractivity contribution in [1.82, 2.24) is 5.32 Å². The molecule has 1 rings (SSSR count). The molecule has 0 aliphatic rings. The molecule has 19 heavy (non-hydrogen) atoms. The normalized spacial score (nSPS) is 13.4. The Kier molecular flexibility index (Phi) is 5.60. The van der Waals surface area contributed by atoms with Gasteiger partial charge >= 0.3 is 6.18 Å². The standard InChI is InChI=1S/C13H17F4NO/c1-3-9(2)18-6-7-19-10-4-5-12(14)11(8-10)13(15,16)17/h4-5,8-9,18H,3,6-7H2,1-2H3. The number of nitrogens with one attached hydrogen (secondary N) is 1. The van der Waals surface area contributed by atoms with Crippen molar-refractivity contribution in [3.63, 3.8) is 0 Å². The molecule has 0 aliphatic heterocycles. The molecule has 0 saturated carbocycles. The fraction of sp³-hybridized carbons (Fsp3) is 0.538. The number of rotatable bonds is 6. The van der Waals surface area contributed by atoms with E-state index in [-0.39, 0.29) is 12.4 Å². The Bertz CT molecular complexity index is 406. The molecule has 2 nitrogen and oxygen atoms in total. The first-order chi connectivity index (χ1) is 8.84. The van der Waals surface area contributed by atoms with E-state index in [1.54, 1.807) is 0 Å². The van der Waals surface area contributed by atoms with Crippen molar-refractivity contribution in [3.05, 3.63) is 29.6 Å². The molecule has 0 aliphatic carbocycles. The number of hydrogen-bond acceptors (Lipinski definition) is 2. The summed E-state index contributed by atoms with van der Waals surface area (Å²) >= 11 is 0. The molecule has 108 valence electrons. The van der Waals surface area contributed by atoms with Gasteiger partial charge in [0.15, 0.2) is 0 Å². The minimum absolute atomic E-state index is 0.0136. The Balaban J connectivity index is 2.56. The van der Waals surface area contributed by atoms with Gasteiger partial charge in [-0.15, -0.1) is 0 Å². The lowest BCUT2D eigenvalue weighted by molar-refractivity contribution is -0.140. The minimum atomic E-state index is -4.71. The van der Waals surface area contributed by atoms with Crippen molar-refractivity contribution in [2.75, 3.05) is 13.2 Å². The smallest absolute Gasteiger partial charge is 0.419 e. The summed E-state index contributed by atoms with van der Waals surface area (Å²) in [5.74, 6) is -1.28. The van der Waals surface area contributed by atoms with Crippen LogP contribution in [0, 0.1) is 5.82 Å². The Morgan fingerprint density at radius 3 is 2.58 bits per heavy atom. The molecule has 1 aromatic rings. The molecule has 0 heterocycles. The van der Waals surface area contributed by atoms with Crippen LogP contribution in [0.5, 0.6) is 5.75 Å². The van der Waals surface area contributed by atoms with Gasteiger partial charge in [0.25, 0.3) is 0 Å². The van der Waals surface area contributed by atoms with Gasteiger partial charge in [-0.1, -0.05) is 6.92 Å². The first-order valence-electron chi connectivity index (χ1n) is 6.07. The fourth-order valence-electron chi connectivity index (χ4n) is 1.43. The number of halogens is 4. The molecule has 6 heteroatoms. The second-order valence-electron chi connectivity index (χ2n) is 4.25. The van der Waals surface area contributed by atoms with Crippen molar-refractivity contribution >= 4 is 0 Å². The summed E-state index contributed by atoms with van der Waals surface area (Å²) in [5, 5.41) is 3.14. The van der Waals surface area contributed by atoms with E-state index < -0.39 is 17.6 Å². The summed E-state index contributed by atoms with van der Waals surface area (Å²) in [5.41, 5.74) is -1.31. The van der Waals surface area contributed by atoms with E-state index in [9.17, 15) is 17.6 Å². The van der Waals surface area contributed by atoms with E-state index in [0.717, 1.165) is 12.5 Å². The van der Waals surface area contributed by atoms with Gasteiger partial charge < -0.3 is 10.1 Å². The van der Waals surface area contributed by atoms with Crippen molar-refractivity contribution < 1.29 is 22.3 Å². The summed E-state index contributed by atoms with van der Waals surface area (Å²) < 4.78 is 55.6. The van der Waals surface area contributed by atoms with Gasteiger partial charge in [0.2, 0.25) is 0 Å². The number of ether oxygens (including phenoxy) is 1. The summed E-state index contributed by atoms with van der Waals surface area (Å²) in [4.78, 5) is 0. The van der Waals surface area contributed by atoms with Crippen LogP contribution in [0.1, 0.15) is 25.8 Å². The van der Waals surface area contributed by atoms with Crippen LogP contribution in [-0.4, -0.2) is 19.2 Å². The fourth-order valence-corrected chi connectivity index (χ4v) is 1.43. The second kappa shape index (κ2) is 6.75. The van der Waals surface area contributed by atoms with Crippen LogP contribution in [0.15, 0.2) is 18.2 Å². The first kappa shape index (κ1) is 15.8. The second-order valence-corrected chi connectivity index (χ2v) is 4.25. The van der Waals surface area contributed by atoms with Crippen LogP contribution in [0.3, 0.4) is 0 Å². The molecular formula is C13H17F4NO. The molecular weight excluding hydrogens is 262 g/mol. The van der Waals surface area contributed by atoms with Gasteiger partial charge in [0.1, 0.15) is 18.2 Å². The van der Waals surface area contributed by atoms with Crippen molar-refractivity contribution in [2.45, 2.75) is 32.5 Å². The van der Waals surface area contributed by atoms with E-state index in [2.05, 4.69) is 5.32 Å². The number of alkyl halides is 3. The molecule has 0 saturated heterocycles. The molecule has 1 atom stereocenters. The molecule has 0 radical (unpaired) electrons. The quantitative estimate of drug-likeness (QED) is 0.634. The zero-order chi connectivity index (χ0) is 14.5. The van der Waals surface area contributed by atoms with Gasteiger partial charge in [-0.3, -0.25) is 0 Å². The van der Waals surface area contributed by atoms with Crippen LogP contribution in [0.25, 0.3) is 0 Å². The zero-order valence-electron chi connectivity index (χ0n) is 10.9. The highest BCUT2D eigenvalue weighted by atomic mass is 19.4. The average Bonchev–Trinajstić information content (AvgIpc) is 2.34. The zero-order valence-corrected chi connectivity index (χ0v) is 10.9. The number of hydrogen-bond donors (Lipinski definition) is 1. The Labute approximate surface area is 109 Å². The predicted octanol–water partition coefficient (Wildman–Crippen LogP) is 3.61. The molecule has 1 N–H and O–H groups in total. The largest absolute Gasteiger partial charge is 0.492 e. The van der Waals surface area contributed by atoms with Gasteiger partial charge in [0, 0.05) is 12.6 Å². The Morgan fingerprint density at radius 2 is 2.00 bits per heavy atom. The summed E-state index contributed by atoms with van der Waals surface area (Å²) in [6.45, 7) is 4.77. The molecule has 0 fully saturated rings.